The lowest BCUT2D eigenvalue weighted by atomic mass is 9.93. The number of hydrogen-bond donors (Lipinski definition) is 3. The van der Waals surface area contributed by atoms with E-state index in [1.165, 1.54) is 24.3 Å². The summed E-state index contributed by atoms with van der Waals surface area (Å²) in [6, 6.07) is 6.22. The summed E-state index contributed by atoms with van der Waals surface area (Å²) in [6.45, 7) is 4.03. The molecular weight excluding hydrogens is 524 g/mol. The van der Waals surface area contributed by atoms with Crippen LogP contribution in [0.3, 0.4) is 0 Å². The predicted octanol–water partition coefficient (Wildman–Crippen LogP) is 6.63. The Hall–Kier alpha value is -2.88. The van der Waals surface area contributed by atoms with Gasteiger partial charge in [-0.25, -0.2) is 18.4 Å². The minimum Gasteiger partial charge on any atom is -0.479 e. The summed E-state index contributed by atoms with van der Waals surface area (Å²) in [4.78, 5) is 25.8. The fraction of sp³-hybridized carbons (Fsp3) is 0.440. The molecule has 0 bridgehead atoms. The average molecular weight is 554 g/mol. The van der Waals surface area contributed by atoms with E-state index in [1.54, 1.807) is 6.07 Å². The van der Waals surface area contributed by atoms with E-state index in [1.807, 2.05) is 0 Å². The number of carbonyl (C=O) groups is 2. The third kappa shape index (κ3) is 7.55. The second-order valence-electron chi connectivity index (χ2n) is 9.02. The Kier molecular flexibility index (Phi) is 9.31. The van der Waals surface area contributed by atoms with Crippen LogP contribution < -0.4 is 20.3 Å². The molecule has 0 aromatic heterocycles. The lowest BCUT2D eigenvalue weighted by Gasteiger charge is -2.38. The van der Waals surface area contributed by atoms with Crippen molar-refractivity contribution in [2.24, 2.45) is 5.92 Å². The number of carbonyl (C=O) groups excluding carboxylic acids is 1. The van der Waals surface area contributed by atoms with E-state index >= 15 is 0 Å². The summed E-state index contributed by atoms with van der Waals surface area (Å²) < 4.78 is 34.9. The second-order valence-corrected chi connectivity index (χ2v) is 9.94. The van der Waals surface area contributed by atoms with E-state index in [0.29, 0.717) is 16.7 Å². The van der Waals surface area contributed by atoms with Crippen LogP contribution in [0, 0.1) is 17.6 Å². The molecule has 0 saturated heterocycles. The molecule has 7 nitrogen and oxygen atoms in total. The highest BCUT2D eigenvalue weighted by Crippen LogP contribution is 2.37. The number of benzene rings is 2. The zero-order valence-corrected chi connectivity index (χ0v) is 21.3. The molecule has 0 aliphatic heterocycles. The fourth-order valence-corrected chi connectivity index (χ4v) is 4.56. The Labute approximate surface area is 212 Å². The average Bonchev–Trinajstić information content (AvgIpc) is 2.80. The van der Waals surface area contributed by atoms with E-state index in [9.17, 15) is 18.4 Å². The standard InChI is InChI=1S/C25H30BrF2N3O4/c1-15(2)13-31(17-6-4-3-5-7-17)22-11-19(28)23(35-14-24(32)33)12-21(22)30-25(34)29-20-9-8-16(26)10-18(20)27/h8-12,15,17H,3-7,13-14H2,1-2H3,(H,32,33)(H2,29,30,34). The zero-order chi connectivity index (χ0) is 25.5. The Balaban J connectivity index is 1.96. The number of carboxylic acids is 1. The van der Waals surface area contributed by atoms with E-state index in [4.69, 9.17) is 9.84 Å². The molecule has 2 amide bonds. The molecule has 1 aliphatic rings. The Morgan fingerprint density at radius 3 is 2.40 bits per heavy atom. The highest BCUT2D eigenvalue weighted by atomic mass is 79.9. The first kappa shape index (κ1) is 26.7. The first-order chi connectivity index (χ1) is 16.6. The summed E-state index contributed by atoms with van der Waals surface area (Å²) in [6.07, 6.45) is 5.17. The summed E-state index contributed by atoms with van der Waals surface area (Å²) in [5.74, 6) is -2.63. The van der Waals surface area contributed by atoms with Crippen molar-refractivity contribution in [2.45, 2.75) is 52.0 Å². The molecule has 0 atom stereocenters. The molecule has 1 fully saturated rings. The predicted molar refractivity (Wildman–Crippen MR) is 135 cm³/mol. The van der Waals surface area contributed by atoms with Crippen LogP contribution in [0.1, 0.15) is 46.0 Å². The number of halogens is 3. The minimum absolute atomic E-state index is 0.0250. The fourth-order valence-electron chi connectivity index (χ4n) is 4.23. The van der Waals surface area contributed by atoms with E-state index < -0.39 is 30.2 Å². The maximum atomic E-state index is 15.0. The zero-order valence-electron chi connectivity index (χ0n) is 19.7. The molecule has 0 radical (unpaired) electrons. The number of nitrogens with one attached hydrogen (secondary N) is 2. The monoisotopic (exact) mass is 553 g/mol. The van der Waals surface area contributed by atoms with Crippen molar-refractivity contribution in [3.05, 3.63) is 46.4 Å². The van der Waals surface area contributed by atoms with Gasteiger partial charge in [-0.05, 0) is 37.0 Å². The second kappa shape index (κ2) is 12.2. The molecule has 190 valence electrons. The van der Waals surface area contributed by atoms with Crippen LogP contribution in [-0.2, 0) is 4.79 Å². The number of ether oxygens (including phenoxy) is 1. The van der Waals surface area contributed by atoms with Gasteiger partial charge in [0.2, 0.25) is 0 Å². The SMILES string of the molecule is CC(C)CN(c1cc(F)c(OCC(=O)O)cc1NC(=O)Nc1ccc(Br)cc1F)C1CCCCC1. The quantitative estimate of drug-likeness (QED) is 0.324. The topological polar surface area (TPSA) is 90.9 Å². The van der Waals surface area contributed by atoms with Crippen molar-refractivity contribution < 1.29 is 28.2 Å². The molecule has 0 heterocycles. The number of rotatable bonds is 9. The number of aliphatic carboxylic acids is 1. The van der Waals surface area contributed by atoms with Crippen molar-refractivity contribution >= 4 is 45.0 Å². The highest BCUT2D eigenvalue weighted by molar-refractivity contribution is 9.10. The Morgan fingerprint density at radius 2 is 1.77 bits per heavy atom. The first-order valence-electron chi connectivity index (χ1n) is 11.6. The van der Waals surface area contributed by atoms with Crippen molar-refractivity contribution in [1.82, 2.24) is 0 Å². The molecule has 2 aromatic carbocycles. The van der Waals surface area contributed by atoms with Gasteiger partial charge in [0, 0.05) is 29.2 Å². The summed E-state index contributed by atoms with van der Waals surface area (Å²) in [5, 5.41) is 14.1. The number of nitrogens with zero attached hydrogens (tertiary/aromatic N) is 1. The smallest absolute Gasteiger partial charge is 0.341 e. The normalized spacial score (nSPS) is 14.0. The van der Waals surface area contributed by atoms with Crippen molar-refractivity contribution in [1.29, 1.82) is 0 Å². The molecule has 10 heteroatoms. The molecule has 1 aliphatic carbocycles. The van der Waals surface area contributed by atoms with Crippen LogP contribution in [0.25, 0.3) is 0 Å². The van der Waals surface area contributed by atoms with Crippen molar-refractivity contribution in [3.63, 3.8) is 0 Å². The van der Waals surface area contributed by atoms with Gasteiger partial charge in [-0.2, -0.15) is 0 Å². The third-order valence-corrected chi connectivity index (χ3v) is 6.21. The minimum atomic E-state index is -1.25. The number of hydrogen-bond acceptors (Lipinski definition) is 4. The maximum absolute atomic E-state index is 15.0. The van der Waals surface area contributed by atoms with Crippen molar-refractivity contribution in [3.8, 4) is 5.75 Å². The lowest BCUT2D eigenvalue weighted by molar-refractivity contribution is -0.139. The van der Waals surface area contributed by atoms with E-state index in [2.05, 4.69) is 45.3 Å². The molecule has 2 aromatic rings. The summed E-state index contributed by atoms with van der Waals surface area (Å²) >= 11 is 3.17. The van der Waals surface area contributed by atoms with Crippen LogP contribution >= 0.6 is 15.9 Å². The molecule has 35 heavy (non-hydrogen) atoms. The van der Waals surface area contributed by atoms with Crippen LogP contribution in [-0.4, -0.2) is 36.3 Å². The Bertz CT molecular complexity index is 1060. The number of amides is 2. The van der Waals surface area contributed by atoms with Gasteiger partial charge in [0.15, 0.2) is 18.2 Å². The lowest BCUT2D eigenvalue weighted by Crippen LogP contribution is -2.40. The van der Waals surface area contributed by atoms with Crippen molar-refractivity contribution in [2.75, 3.05) is 28.7 Å². The number of urea groups is 1. The van der Waals surface area contributed by atoms with Gasteiger partial charge in [-0.15, -0.1) is 0 Å². The first-order valence-corrected chi connectivity index (χ1v) is 12.4. The summed E-state index contributed by atoms with van der Waals surface area (Å²) in [5.41, 5.74) is 0.688. The van der Waals surface area contributed by atoms with Gasteiger partial charge in [0.25, 0.3) is 0 Å². The molecule has 3 N–H and O–H groups in total. The molecule has 0 unspecified atom stereocenters. The van der Waals surface area contributed by atoms with Gasteiger partial charge in [0.1, 0.15) is 5.82 Å². The maximum Gasteiger partial charge on any atom is 0.341 e. The van der Waals surface area contributed by atoms with E-state index in [-0.39, 0.29) is 29.1 Å². The Morgan fingerprint density at radius 1 is 1.09 bits per heavy atom. The highest BCUT2D eigenvalue weighted by Gasteiger charge is 2.26. The van der Waals surface area contributed by atoms with Gasteiger partial charge in [-0.1, -0.05) is 49.0 Å². The molecule has 1 saturated carbocycles. The molecule has 0 spiro atoms. The van der Waals surface area contributed by atoms with Gasteiger partial charge in [0.05, 0.1) is 17.1 Å². The van der Waals surface area contributed by atoms with Crippen LogP contribution in [0.5, 0.6) is 5.75 Å². The number of carboxylic acid groups (broad SMARTS) is 1. The van der Waals surface area contributed by atoms with Crippen LogP contribution in [0.4, 0.5) is 30.6 Å². The summed E-state index contributed by atoms with van der Waals surface area (Å²) in [7, 11) is 0. The third-order valence-electron chi connectivity index (χ3n) is 5.72. The largest absolute Gasteiger partial charge is 0.479 e. The molecular formula is C25H30BrF2N3O4. The van der Waals surface area contributed by atoms with Gasteiger partial charge in [-0.3, -0.25) is 0 Å². The van der Waals surface area contributed by atoms with Crippen LogP contribution in [0.2, 0.25) is 0 Å². The van der Waals surface area contributed by atoms with E-state index in [0.717, 1.165) is 32.1 Å². The van der Waals surface area contributed by atoms with Crippen LogP contribution in [0.15, 0.2) is 34.8 Å². The molecule has 3 rings (SSSR count). The number of anilines is 3. The van der Waals surface area contributed by atoms with Gasteiger partial charge >= 0.3 is 12.0 Å². The van der Waals surface area contributed by atoms with Gasteiger partial charge < -0.3 is 25.4 Å².